The van der Waals surface area contributed by atoms with Crippen LogP contribution >= 0.6 is 0 Å². The molecule has 0 saturated carbocycles. The molecule has 0 aromatic carbocycles. The zero-order valence-corrected chi connectivity index (χ0v) is 16.6. The Kier molecular flexibility index (Phi) is 4.12. The maximum Gasteiger partial charge on any atom is 0.180 e. The summed E-state index contributed by atoms with van der Waals surface area (Å²) in [5.74, 6) is 1.76. The van der Waals surface area contributed by atoms with E-state index in [1.807, 2.05) is 18.5 Å². The topological polar surface area (TPSA) is 81.3 Å². The van der Waals surface area contributed by atoms with Crippen LogP contribution in [0.2, 0.25) is 0 Å². The number of nitrogens with zero attached hydrogens (tertiary/aromatic N) is 7. The molecule has 5 rings (SSSR count). The summed E-state index contributed by atoms with van der Waals surface area (Å²) in [6.45, 7) is 5.78. The molecule has 0 fully saturated rings. The summed E-state index contributed by atoms with van der Waals surface area (Å²) in [4.78, 5) is 11.3. The molecule has 8 nitrogen and oxygen atoms in total. The molecule has 0 amide bonds. The number of anilines is 1. The molecule has 1 aliphatic heterocycles. The Hall–Kier alpha value is -3.55. The number of hydrogen-bond donors (Lipinski definition) is 0. The molecule has 5 heterocycles. The number of pyridine rings is 2. The quantitative estimate of drug-likeness (QED) is 0.535. The fraction of sp³-hybridized carbons (Fsp3) is 0.286. The van der Waals surface area contributed by atoms with E-state index in [-0.39, 0.29) is 0 Å². The monoisotopic (exact) mass is 387 g/mol. The largest absolute Gasteiger partial charge is 0.496 e. The van der Waals surface area contributed by atoms with Crippen LogP contribution in [0.1, 0.15) is 22.4 Å². The first-order valence-corrected chi connectivity index (χ1v) is 9.54. The summed E-state index contributed by atoms with van der Waals surface area (Å²) in [6.07, 6.45) is 7.98. The Morgan fingerprint density at radius 2 is 2.03 bits per heavy atom. The Morgan fingerprint density at radius 1 is 1.14 bits per heavy atom. The van der Waals surface area contributed by atoms with Crippen LogP contribution in [0.15, 0.2) is 37.1 Å². The fourth-order valence-corrected chi connectivity index (χ4v) is 3.89. The second kappa shape index (κ2) is 6.80. The molecule has 1 aliphatic rings. The van der Waals surface area contributed by atoms with Gasteiger partial charge in [0, 0.05) is 66.0 Å². The molecule has 0 N–H and O–H groups in total. The third-order valence-electron chi connectivity index (χ3n) is 5.62. The van der Waals surface area contributed by atoms with Crippen LogP contribution in [0.5, 0.6) is 5.75 Å². The molecule has 0 radical (unpaired) electrons. The van der Waals surface area contributed by atoms with E-state index < -0.39 is 0 Å². The smallest absolute Gasteiger partial charge is 0.180 e. The Balaban J connectivity index is 1.53. The van der Waals surface area contributed by atoms with Gasteiger partial charge >= 0.3 is 0 Å². The van der Waals surface area contributed by atoms with Gasteiger partial charge in [-0.1, -0.05) is 0 Å². The van der Waals surface area contributed by atoms with Gasteiger partial charge in [0.2, 0.25) is 0 Å². The van der Waals surface area contributed by atoms with Gasteiger partial charge in [-0.3, -0.25) is 9.97 Å². The molecule has 0 atom stereocenters. The molecule has 4 aromatic rings. The van der Waals surface area contributed by atoms with Gasteiger partial charge in [-0.2, -0.15) is 4.52 Å². The first-order valence-electron chi connectivity index (χ1n) is 9.54. The number of aromatic nitrogens is 6. The van der Waals surface area contributed by atoms with E-state index in [4.69, 9.17) is 14.8 Å². The van der Waals surface area contributed by atoms with Crippen molar-refractivity contribution in [1.82, 2.24) is 29.8 Å². The van der Waals surface area contributed by atoms with Crippen LogP contribution in [-0.4, -0.2) is 43.4 Å². The van der Waals surface area contributed by atoms with Crippen molar-refractivity contribution < 1.29 is 4.74 Å². The molecular weight excluding hydrogens is 366 g/mol. The maximum atomic E-state index is 5.49. The van der Waals surface area contributed by atoms with Gasteiger partial charge in [0.05, 0.1) is 7.11 Å². The van der Waals surface area contributed by atoms with Crippen molar-refractivity contribution in [3.8, 4) is 16.9 Å². The lowest BCUT2D eigenvalue weighted by Crippen LogP contribution is -2.32. The molecule has 4 aromatic heterocycles. The van der Waals surface area contributed by atoms with E-state index in [0.717, 1.165) is 64.7 Å². The van der Waals surface area contributed by atoms with Crippen molar-refractivity contribution in [3.63, 3.8) is 0 Å². The van der Waals surface area contributed by atoms with Crippen LogP contribution in [0.25, 0.3) is 16.8 Å². The van der Waals surface area contributed by atoms with E-state index >= 15 is 0 Å². The van der Waals surface area contributed by atoms with E-state index in [9.17, 15) is 0 Å². The van der Waals surface area contributed by atoms with Gasteiger partial charge in [0.1, 0.15) is 12.1 Å². The van der Waals surface area contributed by atoms with Gasteiger partial charge in [-0.25, -0.2) is 0 Å². The zero-order chi connectivity index (χ0) is 20.0. The van der Waals surface area contributed by atoms with Crippen LogP contribution < -0.4 is 9.64 Å². The highest BCUT2D eigenvalue weighted by Crippen LogP contribution is 2.32. The molecule has 0 saturated heterocycles. The van der Waals surface area contributed by atoms with Crippen molar-refractivity contribution in [2.75, 3.05) is 18.6 Å². The number of ether oxygens (including phenoxy) is 1. The minimum Gasteiger partial charge on any atom is -0.496 e. The lowest BCUT2D eigenvalue weighted by molar-refractivity contribution is 0.416. The van der Waals surface area contributed by atoms with E-state index in [0.29, 0.717) is 0 Å². The summed E-state index contributed by atoms with van der Waals surface area (Å²) < 4.78 is 7.25. The van der Waals surface area contributed by atoms with Crippen molar-refractivity contribution >= 4 is 11.5 Å². The van der Waals surface area contributed by atoms with Crippen molar-refractivity contribution in [3.05, 3.63) is 59.4 Å². The zero-order valence-electron chi connectivity index (χ0n) is 16.6. The number of aryl methyl sites for hydroxylation is 1. The minimum absolute atomic E-state index is 0.750. The minimum atomic E-state index is 0.750. The molecule has 0 bridgehead atoms. The molecular formula is C21H21N7O. The number of fused-ring (bicyclic) bond motifs is 2. The molecule has 0 spiro atoms. The molecule has 146 valence electrons. The third-order valence-corrected chi connectivity index (χ3v) is 5.62. The highest BCUT2D eigenvalue weighted by atomic mass is 16.5. The SMILES string of the molecule is COc1ccncc1-c1cnc2c(c1)CN(c1nn3cnnc3c(C)c1C)CC2. The summed E-state index contributed by atoms with van der Waals surface area (Å²) >= 11 is 0. The second-order valence-corrected chi connectivity index (χ2v) is 7.25. The predicted octanol–water partition coefficient (Wildman–Crippen LogP) is 2.77. The predicted molar refractivity (Wildman–Crippen MR) is 109 cm³/mol. The van der Waals surface area contributed by atoms with Crippen LogP contribution in [0.4, 0.5) is 5.82 Å². The maximum absolute atomic E-state index is 5.49. The first-order chi connectivity index (χ1) is 14.2. The highest BCUT2D eigenvalue weighted by Gasteiger charge is 2.23. The van der Waals surface area contributed by atoms with Gasteiger partial charge in [0.25, 0.3) is 0 Å². The van der Waals surface area contributed by atoms with Crippen LogP contribution in [-0.2, 0) is 13.0 Å². The lowest BCUT2D eigenvalue weighted by Gasteiger charge is -2.30. The van der Waals surface area contributed by atoms with Crippen LogP contribution in [0, 0.1) is 13.8 Å². The van der Waals surface area contributed by atoms with Gasteiger partial charge in [-0.15, -0.1) is 15.3 Å². The Labute approximate surface area is 168 Å². The Morgan fingerprint density at radius 3 is 2.90 bits per heavy atom. The lowest BCUT2D eigenvalue weighted by atomic mass is 10.00. The van der Waals surface area contributed by atoms with E-state index in [2.05, 4.69) is 40.0 Å². The van der Waals surface area contributed by atoms with Gasteiger partial charge in [-0.05, 0) is 31.5 Å². The molecule has 8 heteroatoms. The third kappa shape index (κ3) is 2.88. The average Bonchev–Trinajstić information content (AvgIpc) is 3.24. The average molecular weight is 387 g/mol. The Bertz CT molecular complexity index is 1220. The van der Waals surface area contributed by atoms with Crippen LogP contribution in [0.3, 0.4) is 0 Å². The highest BCUT2D eigenvalue weighted by molar-refractivity contribution is 5.70. The van der Waals surface area contributed by atoms with Crippen molar-refractivity contribution in [2.45, 2.75) is 26.8 Å². The standard InChI is InChI=1S/C21H21N7O/c1-13-14(2)21(26-28-12-24-25-20(13)28)27-7-5-18-16(11-27)8-15(9-23-18)17-10-22-6-4-19(17)29-3/h4,6,8-10,12H,5,7,11H2,1-3H3. The van der Waals surface area contributed by atoms with Crippen molar-refractivity contribution in [2.24, 2.45) is 0 Å². The summed E-state index contributed by atoms with van der Waals surface area (Å²) in [6, 6.07) is 4.05. The number of hydrogen-bond acceptors (Lipinski definition) is 7. The summed E-state index contributed by atoms with van der Waals surface area (Å²) in [5.41, 5.74) is 7.31. The van der Waals surface area contributed by atoms with Gasteiger partial charge in [0.15, 0.2) is 11.5 Å². The molecule has 29 heavy (non-hydrogen) atoms. The fourth-order valence-electron chi connectivity index (χ4n) is 3.89. The first kappa shape index (κ1) is 17.5. The van der Waals surface area contributed by atoms with Crippen molar-refractivity contribution in [1.29, 1.82) is 0 Å². The summed E-state index contributed by atoms with van der Waals surface area (Å²) in [7, 11) is 1.67. The van der Waals surface area contributed by atoms with E-state index in [1.54, 1.807) is 24.1 Å². The van der Waals surface area contributed by atoms with Gasteiger partial charge < -0.3 is 9.64 Å². The van der Waals surface area contributed by atoms with E-state index in [1.165, 1.54) is 5.56 Å². The molecule has 0 aliphatic carbocycles. The summed E-state index contributed by atoms with van der Waals surface area (Å²) in [5, 5.41) is 12.9. The second-order valence-electron chi connectivity index (χ2n) is 7.25. The molecule has 0 unspecified atom stereocenters. The number of methoxy groups -OCH3 is 1. The normalized spacial score (nSPS) is 13.6. The number of rotatable bonds is 3.